The Hall–Kier alpha value is -0.120. The van der Waals surface area contributed by atoms with Crippen molar-refractivity contribution in [3.05, 3.63) is 0 Å². The minimum atomic E-state index is 0.502. The molecule has 0 bridgehead atoms. The molecule has 2 aliphatic rings. The molecule has 3 unspecified atom stereocenters. The maximum atomic E-state index is 5.18. The van der Waals surface area contributed by atoms with Gasteiger partial charge in [0.05, 0.1) is 6.61 Å². The Kier molecular flexibility index (Phi) is 6.97. The summed E-state index contributed by atoms with van der Waals surface area (Å²) in [4.78, 5) is 2.75. The van der Waals surface area contributed by atoms with Gasteiger partial charge in [0.2, 0.25) is 0 Å². The van der Waals surface area contributed by atoms with Gasteiger partial charge in [-0.3, -0.25) is 0 Å². The predicted molar refractivity (Wildman–Crippen MR) is 89.6 cm³/mol. The van der Waals surface area contributed by atoms with Gasteiger partial charge >= 0.3 is 0 Å². The van der Waals surface area contributed by atoms with Crippen molar-refractivity contribution < 1.29 is 4.74 Å². The Labute approximate surface area is 131 Å². The van der Waals surface area contributed by atoms with Gasteiger partial charge in [0.25, 0.3) is 0 Å². The number of piperidine rings is 1. The van der Waals surface area contributed by atoms with Gasteiger partial charge in [0.1, 0.15) is 0 Å². The van der Waals surface area contributed by atoms with E-state index >= 15 is 0 Å². The first kappa shape index (κ1) is 17.2. The van der Waals surface area contributed by atoms with Crippen LogP contribution in [-0.2, 0) is 4.74 Å². The highest BCUT2D eigenvalue weighted by molar-refractivity contribution is 4.91. The zero-order valence-electron chi connectivity index (χ0n) is 14.5. The molecule has 0 radical (unpaired) electrons. The lowest BCUT2D eigenvalue weighted by molar-refractivity contribution is 0.0579. The molecule has 2 fully saturated rings. The summed E-state index contributed by atoms with van der Waals surface area (Å²) < 4.78 is 5.18. The molecule has 124 valence electrons. The lowest BCUT2D eigenvalue weighted by Crippen LogP contribution is -2.49. The van der Waals surface area contributed by atoms with E-state index < -0.39 is 0 Å². The lowest BCUT2D eigenvalue weighted by atomic mass is 9.69. The maximum Gasteiger partial charge on any atom is 0.0587 e. The molecule has 1 heterocycles. The molecule has 3 nitrogen and oxygen atoms in total. The van der Waals surface area contributed by atoms with Crippen molar-refractivity contribution >= 4 is 0 Å². The van der Waals surface area contributed by atoms with Gasteiger partial charge in [-0.05, 0) is 49.5 Å². The monoisotopic (exact) mass is 296 g/mol. The fourth-order valence-corrected chi connectivity index (χ4v) is 4.56. The van der Waals surface area contributed by atoms with Gasteiger partial charge < -0.3 is 15.0 Å². The topological polar surface area (TPSA) is 24.5 Å². The first-order chi connectivity index (χ1) is 10.1. The molecule has 3 atom stereocenters. The highest BCUT2D eigenvalue weighted by atomic mass is 16.5. The zero-order valence-corrected chi connectivity index (χ0v) is 14.5. The highest BCUT2D eigenvalue weighted by Gasteiger charge is 2.36. The Morgan fingerprint density at radius 3 is 2.71 bits per heavy atom. The molecule has 0 aromatic carbocycles. The van der Waals surface area contributed by atoms with E-state index in [0.29, 0.717) is 5.41 Å². The number of nitrogens with one attached hydrogen (secondary N) is 1. The summed E-state index contributed by atoms with van der Waals surface area (Å²) >= 11 is 0. The van der Waals surface area contributed by atoms with Gasteiger partial charge in [-0.15, -0.1) is 0 Å². The van der Waals surface area contributed by atoms with E-state index in [1.807, 2.05) is 0 Å². The van der Waals surface area contributed by atoms with Gasteiger partial charge in [-0.1, -0.05) is 26.7 Å². The summed E-state index contributed by atoms with van der Waals surface area (Å²) in [6, 6.07) is 0. The van der Waals surface area contributed by atoms with Crippen LogP contribution in [0.3, 0.4) is 0 Å². The van der Waals surface area contributed by atoms with E-state index in [2.05, 4.69) is 24.1 Å². The van der Waals surface area contributed by atoms with Gasteiger partial charge in [0.15, 0.2) is 0 Å². The van der Waals surface area contributed by atoms with Crippen LogP contribution in [0.1, 0.15) is 52.4 Å². The standard InChI is InChI=1S/C18H36N2O/c1-16-6-4-8-18(12-16,14-19-9-11-21-3)15-20-10-5-7-17(2)13-20/h16-17,19H,4-15H2,1-3H3. The maximum absolute atomic E-state index is 5.18. The summed E-state index contributed by atoms with van der Waals surface area (Å²) in [7, 11) is 1.79. The Balaban J connectivity index is 1.90. The largest absolute Gasteiger partial charge is 0.383 e. The van der Waals surface area contributed by atoms with Gasteiger partial charge in [-0.25, -0.2) is 0 Å². The molecule has 0 aromatic heterocycles. The molecule has 3 heteroatoms. The second kappa shape index (κ2) is 8.50. The summed E-state index contributed by atoms with van der Waals surface area (Å²) in [6.45, 7) is 11.8. The molecule has 1 aliphatic heterocycles. The molecule has 0 amide bonds. The third-order valence-corrected chi connectivity index (χ3v) is 5.47. The summed E-state index contributed by atoms with van der Waals surface area (Å²) in [5.74, 6) is 1.78. The molecule has 1 N–H and O–H groups in total. The van der Waals surface area contributed by atoms with E-state index in [0.717, 1.165) is 25.0 Å². The van der Waals surface area contributed by atoms with Crippen LogP contribution in [0.15, 0.2) is 0 Å². The lowest BCUT2D eigenvalue weighted by Gasteiger charge is -2.45. The highest BCUT2D eigenvalue weighted by Crippen LogP contribution is 2.40. The van der Waals surface area contributed by atoms with Crippen molar-refractivity contribution in [2.75, 3.05) is 46.4 Å². The second-order valence-electron chi connectivity index (χ2n) is 7.85. The Bertz CT molecular complexity index is 297. The van der Waals surface area contributed by atoms with E-state index in [9.17, 15) is 0 Å². The van der Waals surface area contributed by atoms with E-state index in [4.69, 9.17) is 4.74 Å². The predicted octanol–water partition coefficient (Wildman–Crippen LogP) is 3.15. The SMILES string of the molecule is COCCNCC1(CN2CCCC(C)C2)CCCC(C)C1. The van der Waals surface area contributed by atoms with Crippen molar-refractivity contribution in [2.45, 2.75) is 52.4 Å². The van der Waals surface area contributed by atoms with Crippen molar-refractivity contribution in [3.63, 3.8) is 0 Å². The van der Waals surface area contributed by atoms with Gasteiger partial charge in [0, 0.05) is 33.3 Å². The second-order valence-corrected chi connectivity index (χ2v) is 7.85. The number of hydrogen-bond donors (Lipinski definition) is 1. The first-order valence-electron chi connectivity index (χ1n) is 9.05. The average molecular weight is 296 g/mol. The van der Waals surface area contributed by atoms with Crippen LogP contribution in [0.2, 0.25) is 0 Å². The van der Waals surface area contributed by atoms with Crippen LogP contribution < -0.4 is 5.32 Å². The van der Waals surface area contributed by atoms with Crippen LogP contribution in [0.5, 0.6) is 0 Å². The molecular formula is C18H36N2O. The average Bonchev–Trinajstić information content (AvgIpc) is 2.44. The summed E-state index contributed by atoms with van der Waals surface area (Å²) in [6.07, 6.45) is 8.46. The number of hydrogen-bond acceptors (Lipinski definition) is 3. The first-order valence-corrected chi connectivity index (χ1v) is 9.05. The Morgan fingerprint density at radius 2 is 2.00 bits per heavy atom. The number of likely N-dealkylation sites (tertiary alicyclic amines) is 1. The van der Waals surface area contributed by atoms with Crippen molar-refractivity contribution in [3.8, 4) is 0 Å². The quantitative estimate of drug-likeness (QED) is 0.730. The van der Waals surface area contributed by atoms with Crippen LogP contribution in [0.4, 0.5) is 0 Å². The minimum absolute atomic E-state index is 0.502. The molecule has 2 rings (SSSR count). The molecule has 1 saturated carbocycles. The Morgan fingerprint density at radius 1 is 1.19 bits per heavy atom. The van der Waals surface area contributed by atoms with E-state index in [1.54, 1.807) is 7.11 Å². The molecular weight excluding hydrogens is 260 g/mol. The fourth-order valence-electron chi connectivity index (χ4n) is 4.56. The fraction of sp³-hybridized carbons (Fsp3) is 1.00. The minimum Gasteiger partial charge on any atom is -0.383 e. The zero-order chi connectivity index (χ0) is 15.1. The molecule has 1 saturated heterocycles. The van der Waals surface area contributed by atoms with Crippen molar-refractivity contribution in [1.29, 1.82) is 0 Å². The normalized spacial score (nSPS) is 35.0. The van der Waals surface area contributed by atoms with E-state index in [1.165, 1.54) is 64.7 Å². The number of nitrogens with zero attached hydrogens (tertiary/aromatic N) is 1. The summed E-state index contributed by atoms with van der Waals surface area (Å²) in [5, 5.41) is 3.67. The molecule has 21 heavy (non-hydrogen) atoms. The molecule has 0 spiro atoms. The molecule has 0 aromatic rings. The van der Waals surface area contributed by atoms with Crippen LogP contribution in [0, 0.1) is 17.3 Å². The van der Waals surface area contributed by atoms with E-state index in [-0.39, 0.29) is 0 Å². The van der Waals surface area contributed by atoms with Crippen LogP contribution in [0.25, 0.3) is 0 Å². The number of rotatable bonds is 7. The number of ether oxygens (including phenoxy) is 1. The number of methoxy groups -OCH3 is 1. The van der Waals surface area contributed by atoms with Crippen molar-refractivity contribution in [2.24, 2.45) is 17.3 Å². The third kappa shape index (κ3) is 5.54. The van der Waals surface area contributed by atoms with Crippen molar-refractivity contribution in [1.82, 2.24) is 10.2 Å². The smallest absolute Gasteiger partial charge is 0.0587 e. The van der Waals surface area contributed by atoms with Crippen LogP contribution in [-0.4, -0.2) is 51.3 Å². The third-order valence-electron chi connectivity index (χ3n) is 5.47. The summed E-state index contributed by atoms with van der Waals surface area (Å²) in [5.41, 5.74) is 0.502. The van der Waals surface area contributed by atoms with Crippen LogP contribution >= 0.6 is 0 Å². The molecule has 1 aliphatic carbocycles. The van der Waals surface area contributed by atoms with Gasteiger partial charge in [-0.2, -0.15) is 0 Å².